The fourth-order valence-electron chi connectivity index (χ4n) is 5.23. The predicted molar refractivity (Wildman–Crippen MR) is 160 cm³/mol. The van der Waals surface area contributed by atoms with Crippen molar-refractivity contribution in [1.82, 2.24) is 14.8 Å². The first-order valence-electron chi connectivity index (χ1n) is 13.9. The lowest BCUT2D eigenvalue weighted by Crippen LogP contribution is -2.37. The molecule has 5 rings (SSSR count). The number of nitrogens with zero attached hydrogens (tertiary/aromatic N) is 4. The van der Waals surface area contributed by atoms with E-state index < -0.39 is 29.7 Å². The van der Waals surface area contributed by atoms with Gasteiger partial charge in [-0.3, -0.25) is 9.59 Å². The molecule has 0 bridgehead atoms. The van der Waals surface area contributed by atoms with Crippen LogP contribution in [-0.2, 0) is 22.2 Å². The lowest BCUT2D eigenvalue weighted by atomic mass is 10.0. The summed E-state index contributed by atoms with van der Waals surface area (Å²) in [6.45, 7) is 1.59. The molecule has 2 N–H and O–H groups in total. The van der Waals surface area contributed by atoms with Gasteiger partial charge in [0.1, 0.15) is 30.2 Å². The van der Waals surface area contributed by atoms with Crippen molar-refractivity contribution in [3.63, 3.8) is 0 Å². The number of aromatic nitrogens is 3. The topological polar surface area (TPSA) is 119 Å². The summed E-state index contributed by atoms with van der Waals surface area (Å²) < 4.78 is 54.5. The number of aryl methyl sites for hydroxylation is 1. The van der Waals surface area contributed by atoms with Crippen LogP contribution in [0.1, 0.15) is 41.1 Å². The molecule has 2 heterocycles. The molecule has 1 unspecified atom stereocenters. The smallest absolute Gasteiger partial charge is 0.416 e. The average Bonchev–Trinajstić information content (AvgIpc) is 3.67. The summed E-state index contributed by atoms with van der Waals surface area (Å²) in [5.41, 5.74) is 1.42. The molecule has 45 heavy (non-hydrogen) atoms. The van der Waals surface area contributed by atoms with Crippen LogP contribution in [0.25, 0.3) is 5.69 Å². The molecule has 1 aliphatic rings. The number of hydrogen-bond donors (Lipinski definition) is 2. The zero-order valence-corrected chi connectivity index (χ0v) is 25.0. The van der Waals surface area contributed by atoms with E-state index in [1.165, 1.54) is 48.4 Å². The molecule has 1 amide bonds. The Morgan fingerprint density at radius 3 is 2.64 bits per heavy atom. The van der Waals surface area contributed by atoms with Crippen LogP contribution in [0.4, 0.5) is 24.5 Å². The van der Waals surface area contributed by atoms with E-state index in [1.54, 1.807) is 30.3 Å². The van der Waals surface area contributed by atoms with E-state index in [9.17, 15) is 22.8 Å². The molecule has 0 spiro atoms. The number of carbonyl (C=O) groups is 2. The largest absolute Gasteiger partial charge is 0.497 e. The fraction of sp³-hybridized carbons (Fsp3) is 0.290. The van der Waals surface area contributed by atoms with Gasteiger partial charge in [0, 0.05) is 47.1 Å². The van der Waals surface area contributed by atoms with Crippen molar-refractivity contribution in [2.24, 2.45) is 0 Å². The second-order valence-electron chi connectivity index (χ2n) is 10.4. The molecule has 10 nitrogen and oxygen atoms in total. The Morgan fingerprint density at radius 2 is 1.96 bits per heavy atom. The van der Waals surface area contributed by atoms with Crippen molar-refractivity contribution in [2.75, 3.05) is 30.5 Å². The van der Waals surface area contributed by atoms with Gasteiger partial charge in [-0.1, -0.05) is 23.7 Å². The first-order valence-corrected chi connectivity index (χ1v) is 14.3. The van der Waals surface area contributed by atoms with Crippen molar-refractivity contribution in [2.45, 2.75) is 38.4 Å². The number of ether oxygens (including phenoxy) is 2. The van der Waals surface area contributed by atoms with Crippen LogP contribution in [0.15, 0.2) is 61.2 Å². The van der Waals surface area contributed by atoms with Crippen molar-refractivity contribution >= 4 is 34.9 Å². The van der Waals surface area contributed by atoms with E-state index >= 15 is 0 Å². The quantitative estimate of drug-likeness (QED) is 0.184. The third-order valence-corrected chi connectivity index (χ3v) is 7.58. The zero-order valence-electron chi connectivity index (χ0n) is 24.3. The van der Waals surface area contributed by atoms with Crippen LogP contribution in [0.3, 0.4) is 0 Å². The lowest BCUT2D eigenvalue weighted by Gasteiger charge is -2.28. The number of carboxylic acids is 1. The lowest BCUT2D eigenvalue weighted by molar-refractivity contribution is -0.138. The average molecular weight is 644 g/mol. The molecule has 14 heteroatoms. The Labute approximate surface area is 261 Å². The summed E-state index contributed by atoms with van der Waals surface area (Å²) in [6, 6.07) is 11.1. The molecule has 0 saturated heterocycles. The van der Waals surface area contributed by atoms with Crippen LogP contribution >= 0.6 is 11.6 Å². The molecule has 0 saturated carbocycles. The molecule has 236 valence electrons. The van der Waals surface area contributed by atoms with Crippen molar-refractivity contribution in [3.8, 4) is 17.2 Å². The number of fused-ring (bicyclic) bond motifs is 1. The first kappa shape index (κ1) is 31.6. The molecular weight excluding hydrogens is 615 g/mol. The van der Waals surface area contributed by atoms with Gasteiger partial charge in [0.25, 0.3) is 5.91 Å². The number of hydrogen-bond acceptors (Lipinski definition) is 7. The van der Waals surface area contributed by atoms with E-state index in [4.69, 9.17) is 26.2 Å². The Morgan fingerprint density at radius 1 is 1.16 bits per heavy atom. The van der Waals surface area contributed by atoms with Gasteiger partial charge in [-0.25, -0.2) is 9.67 Å². The summed E-state index contributed by atoms with van der Waals surface area (Å²) in [7, 11) is 1.48. The van der Waals surface area contributed by atoms with E-state index in [2.05, 4.69) is 15.4 Å². The number of amides is 1. The first-order chi connectivity index (χ1) is 21.4. The van der Waals surface area contributed by atoms with Gasteiger partial charge in [0.2, 0.25) is 0 Å². The molecule has 1 aromatic heterocycles. The Kier molecular flexibility index (Phi) is 9.19. The highest BCUT2D eigenvalue weighted by Gasteiger charge is 2.38. The van der Waals surface area contributed by atoms with Gasteiger partial charge in [-0.15, -0.1) is 0 Å². The van der Waals surface area contributed by atoms with Crippen LogP contribution in [-0.4, -0.2) is 52.0 Å². The number of aliphatic carboxylic acids is 1. The summed E-state index contributed by atoms with van der Waals surface area (Å²) in [5, 5.41) is 16.7. The van der Waals surface area contributed by atoms with E-state index in [0.717, 1.165) is 6.07 Å². The Hall–Kier alpha value is -4.78. The molecule has 1 atom stereocenters. The monoisotopic (exact) mass is 643 g/mol. The minimum Gasteiger partial charge on any atom is -0.497 e. The van der Waals surface area contributed by atoms with Crippen molar-refractivity contribution < 1.29 is 37.3 Å². The third kappa shape index (κ3) is 7.14. The number of methoxy groups -OCH3 is 1. The van der Waals surface area contributed by atoms with Gasteiger partial charge in [0.05, 0.1) is 25.0 Å². The highest BCUT2D eigenvalue weighted by Crippen LogP contribution is 2.41. The van der Waals surface area contributed by atoms with E-state index in [0.29, 0.717) is 39.7 Å². The predicted octanol–water partition coefficient (Wildman–Crippen LogP) is 6.24. The van der Waals surface area contributed by atoms with Gasteiger partial charge in [0.15, 0.2) is 0 Å². The van der Waals surface area contributed by atoms with E-state index in [-0.39, 0.29) is 43.0 Å². The number of benzene rings is 3. The molecule has 0 aliphatic carbocycles. The van der Waals surface area contributed by atoms with Gasteiger partial charge < -0.3 is 24.8 Å². The van der Waals surface area contributed by atoms with Gasteiger partial charge >= 0.3 is 12.1 Å². The molecule has 1 aliphatic heterocycles. The van der Waals surface area contributed by atoms with Crippen LogP contribution in [0.2, 0.25) is 5.02 Å². The third-order valence-electron chi connectivity index (χ3n) is 7.34. The SMILES string of the molecule is COc1cc(NC(C(=O)N2CCc3cc(C)c(C(F)(F)F)cc32)c2ccc(Cl)cc2OCCCC(=O)O)cc(-n2cncn2)c1. The number of nitrogens with one attached hydrogen (secondary N) is 1. The molecule has 4 aromatic rings. The number of halogens is 4. The molecule has 0 fully saturated rings. The van der Waals surface area contributed by atoms with E-state index in [1.807, 2.05) is 0 Å². The van der Waals surface area contributed by atoms with Crippen LogP contribution in [0.5, 0.6) is 11.5 Å². The Balaban J connectivity index is 1.58. The number of alkyl halides is 3. The standard InChI is InChI=1S/C31H29ClF3N5O5/c1-18-10-19-7-8-39(26(19)15-25(18)31(33,34)35)30(43)29(24-6-5-20(32)11-27(24)45-9-3-4-28(41)42)38-21-12-22(14-23(13-21)44-2)40-17-36-16-37-40/h5-6,10-17,29,38H,3-4,7-9H2,1-2H3,(H,41,42). The maximum atomic E-state index is 14.4. The zero-order chi connectivity index (χ0) is 32.3. The summed E-state index contributed by atoms with van der Waals surface area (Å²) in [5.74, 6) is -0.859. The van der Waals surface area contributed by atoms with Crippen LogP contribution < -0.4 is 19.7 Å². The normalized spacial score (nSPS) is 13.3. The summed E-state index contributed by atoms with van der Waals surface area (Å²) in [4.78, 5) is 30.8. The second kappa shape index (κ2) is 13.1. The number of carbonyl (C=O) groups excluding carboxylic acids is 1. The molecule has 0 radical (unpaired) electrons. The number of carboxylic acid groups (broad SMARTS) is 1. The minimum absolute atomic E-state index is 0.0247. The molecule has 3 aromatic carbocycles. The van der Waals surface area contributed by atoms with Gasteiger partial charge in [-0.05, 0) is 55.2 Å². The minimum atomic E-state index is -4.60. The summed E-state index contributed by atoms with van der Waals surface area (Å²) >= 11 is 6.28. The second-order valence-corrected chi connectivity index (χ2v) is 10.8. The van der Waals surface area contributed by atoms with Crippen molar-refractivity contribution in [1.29, 1.82) is 0 Å². The maximum absolute atomic E-state index is 14.4. The van der Waals surface area contributed by atoms with Gasteiger partial charge in [-0.2, -0.15) is 18.3 Å². The summed E-state index contributed by atoms with van der Waals surface area (Å²) in [6.07, 6.45) is -1.30. The van der Waals surface area contributed by atoms with Crippen LogP contribution in [0, 0.1) is 6.92 Å². The highest BCUT2D eigenvalue weighted by molar-refractivity contribution is 6.30. The molecular formula is C31H29ClF3N5O5. The Bertz CT molecular complexity index is 1710. The van der Waals surface area contributed by atoms with Crippen molar-refractivity contribution in [3.05, 3.63) is 88.5 Å². The number of rotatable bonds is 11. The maximum Gasteiger partial charge on any atom is 0.416 e. The fourth-order valence-corrected chi connectivity index (χ4v) is 5.39. The highest BCUT2D eigenvalue weighted by atomic mass is 35.5. The number of anilines is 2.